The van der Waals surface area contributed by atoms with Crippen molar-refractivity contribution in [3.8, 4) is 11.5 Å². The van der Waals surface area contributed by atoms with Gasteiger partial charge < -0.3 is 14.8 Å². The molecule has 0 aromatic heterocycles. The van der Waals surface area contributed by atoms with Crippen LogP contribution in [0.4, 0.5) is 4.39 Å². The van der Waals surface area contributed by atoms with Crippen molar-refractivity contribution in [1.29, 1.82) is 0 Å². The number of nitrogens with one attached hydrogen (secondary N) is 1. The third-order valence-corrected chi connectivity index (χ3v) is 3.27. The molecule has 1 N–H and O–H groups in total. The van der Waals surface area contributed by atoms with Crippen LogP contribution in [0.25, 0.3) is 0 Å². The predicted octanol–water partition coefficient (Wildman–Crippen LogP) is 2.70. The Bertz CT molecular complexity index is 658. The highest BCUT2D eigenvalue weighted by Crippen LogP contribution is 2.30. The Balaban J connectivity index is 2.01. The Morgan fingerprint density at radius 2 is 1.77 bits per heavy atom. The lowest BCUT2D eigenvalue weighted by atomic mass is 10.1. The molecule has 22 heavy (non-hydrogen) atoms. The third-order valence-electron chi connectivity index (χ3n) is 3.27. The molecule has 0 saturated carbocycles. The lowest BCUT2D eigenvalue weighted by Gasteiger charge is -2.13. The molecule has 116 valence electrons. The quantitative estimate of drug-likeness (QED) is 0.892. The number of benzene rings is 2. The second-order valence-corrected chi connectivity index (χ2v) is 4.70. The van der Waals surface area contributed by atoms with Gasteiger partial charge in [-0.2, -0.15) is 0 Å². The highest BCUT2D eigenvalue weighted by molar-refractivity contribution is 5.78. The highest BCUT2D eigenvalue weighted by Gasteiger charge is 2.11. The van der Waals surface area contributed by atoms with Crippen LogP contribution in [0.1, 0.15) is 11.1 Å². The summed E-state index contributed by atoms with van der Waals surface area (Å²) >= 11 is 0. The SMILES string of the molecule is COc1cccc(CNC(=O)Cc2ccccc2F)c1OC. The van der Waals surface area contributed by atoms with E-state index in [1.54, 1.807) is 38.5 Å². The lowest BCUT2D eigenvalue weighted by molar-refractivity contribution is -0.120. The van der Waals surface area contributed by atoms with Gasteiger partial charge in [-0.05, 0) is 17.7 Å². The fraction of sp³-hybridized carbons (Fsp3) is 0.235. The van der Waals surface area contributed by atoms with Gasteiger partial charge in [-0.15, -0.1) is 0 Å². The molecule has 0 heterocycles. The second kappa shape index (κ2) is 7.45. The number of hydrogen-bond acceptors (Lipinski definition) is 3. The molecule has 0 spiro atoms. The molecule has 0 aliphatic carbocycles. The zero-order valence-electron chi connectivity index (χ0n) is 12.6. The van der Waals surface area contributed by atoms with Crippen LogP contribution in [-0.4, -0.2) is 20.1 Å². The summed E-state index contributed by atoms with van der Waals surface area (Å²) in [7, 11) is 3.10. The molecule has 2 aromatic rings. The summed E-state index contributed by atoms with van der Waals surface area (Å²) in [6.45, 7) is 0.285. The van der Waals surface area contributed by atoms with Gasteiger partial charge in [-0.25, -0.2) is 4.39 Å². The zero-order chi connectivity index (χ0) is 15.9. The first-order chi connectivity index (χ1) is 10.7. The van der Waals surface area contributed by atoms with Gasteiger partial charge in [0, 0.05) is 12.1 Å². The molecule has 5 heteroatoms. The molecular weight excluding hydrogens is 285 g/mol. The summed E-state index contributed by atoms with van der Waals surface area (Å²) in [6.07, 6.45) is -0.00103. The van der Waals surface area contributed by atoms with Crippen molar-refractivity contribution in [3.63, 3.8) is 0 Å². The average molecular weight is 303 g/mol. The molecule has 0 unspecified atom stereocenters. The number of carbonyl (C=O) groups excluding carboxylic acids is 1. The Hall–Kier alpha value is -2.56. The number of amides is 1. The Morgan fingerprint density at radius 1 is 1.05 bits per heavy atom. The summed E-state index contributed by atoms with van der Waals surface area (Å²) in [6, 6.07) is 11.7. The number of methoxy groups -OCH3 is 2. The average Bonchev–Trinajstić information content (AvgIpc) is 2.54. The number of hydrogen-bond donors (Lipinski definition) is 1. The fourth-order valence-corrected chi connectivity index (χ4v) is 2.16. The number of ether oxygens (including phenoxy) is 2. The molecular formula is C17H18FNO3. The fourth-order valence-electron chi connectivity index (χ4n) is 2.16. The first kappa shape index (κ1) is 15.8. The van der Waals surface area contributed by atoms with Gasteiger partial charge in [0.1, 0.15) is 5.82 Å². The minimum atomic E-state index is -0.378. The molecule has 0 fully saturated rings. The first-order valence-electron chi connectivity index (χ1n) is 6.85. The van der Waals surface area contributed by atoms with E-state index in [1.807, 2.05) is 12.1 Å². The van der Waals surface area contributed by atoms with Gasteiger partial charge in [0.15, 0.2) is 11.5 Å². The summed E-state index contributed by atoms with van der Waals surface area (Å²) in [5.74, 6) is 0.547. The number of para-hydroxylation sites is 1. The van der Waals surface area contributed by atoms with Crippen LogP contribution in [0.15, 0.2) is 42.5 Å². The molecule has 2 rings (SSSR count). The number of halogens is 1. The molecule has 0 aliphatic heterocycles. The summed E-state index contributed by atoms with van der Waals surface area (Å²) in [5, 5.41) is 2.76. The van der Waals surface area contributed by atoms with Gasteiger partial charge in [-0.3, -0.25) is 4.79 Å². The van der Waals surface area contributed by atoms with Crippen molar-refractivity contribution in [2.75, 3.05) is 14.2 Å². The van der Waals surface area contributed by atoms with Gasteiger partial charge >= 0.3 is 0 Å². The van der Waals surface area contributed by atoms with Gasteiger partial charge in [0.05, 0.1) is 20.6 Å². The summed E-state index contributed by atoms with van der Waals surface area (Å²) in [4.78, 5) is 11.9. The summed E-state index contributed by atoms with van der Waals surface area (Å²) in [5.41, 5.74) is 1.17. The van der Waals surface area contributed by atoms with Crippen molar-refractivity contribution in [1.82, 2.24) is 5.32 Å². The molecule has 2 aromatic carbocycles. The minimum absolute atomic E-state index is 0.00103. The van der Waals surface area contributed by atoms with Crippen LogP contribution in [0.5, 0.6) is 11.5 Å². The third kappa shape index (κ3) is 3.75. The van der Waals surface area contributed by atoms with Gasteiger partial charge in [0.2, 0.25) is 5.91 Å². The Morgan fingerprint density at radius 3 is 2.45 bits per heavy atom. The standard InChI is InChI=1S/C17H18FNO3/c1-21-15-9-5-7-13(17(15)22-2)11-19-16(20)10-12-6-3-4-8-14(12)18/h3-9H,10-11H2,1-2H3,(H,19,20). The number of carbonyl (C=O) groups is 1. The van der Waals surface area contributed by atoms with Crippen LogP contribution >= 0.6 is 0 Å². The van der Waals surface area contributed by atoms with Gasteiger partial charge in [0.25, 0.3) is 0 Å². The summed E-state index contributed by atoms with van der Waals surface area (Å²) < 4.78 is 24.0. The maximum Gasteiger partial charge on any atom is 0.224 e. The van der Waals surface area contributed by atoms with E-state index in [-0.39, 0.29) is 24.7 Å². The van der Waals surface area contributed by atoms with E-state index in [9.17, 15) is 9.18 Å². The molecule has 4 nitrogen and oxygen atoms in total. The van der Waals surface area contributed by atoms with Crippen LogP contribution in [-0.2, 0) is 17.8 Å². The highest BCUT2D eigenvalue weighted by atomic mass is 19.1. The van der Waals surface area contributed by atoms with E-state index in [0.717, 1.165) is 5.56 Å². The molecule has 0 saturated heterocycles. The normalized spacial score (nSPS) is 10.1. The first-order valence-corrected chi connectivity index (χ1v) is 6.85. The maximum absolute atomic E-state index is 13.5. The van der Waals surface area contributed by atoms with Gasteiger partial charge in [-0.1, -0.05) is 30.3 Å². The topological polar surface area (TPSA) is 47.6 Å². The van der Waals surface area contributed by atoms with Crippen LogP contribution in [0.2, 0.25) is 0 Å². The molecule has 0 radical (unpaired) electrons. The van der Waals surface area contributed by atoms with Crippen molar-refractivity contribution in [2.24, 2.45) is 0 Å². The minimum Gasteiger partial charge on any atom is -0.493 e. The van der Waals surface area contributed by atoms with Crippen molar-refractivity contribution >= 4 is 5.91 Å². The second-order valence-electron chi connectivity index (χ2n) is 4.70. The largest absolute Gasteiger partial charge is 0.493 e. The van der Waals surface area contributed by atoms with Crippen molar-refractivity contribution in [3.05, 3.63) is 59.4 Å². The van der Waals surface area contributed by atoms with E-state index in [0.29, 0.717) is 17.1 Å². The van der Waals surface area contributed by atoms with Crippen molar-refractivity contribution in [2.45, 2.75) is 13.0 Å². The monoisotopic (exact) mass is 303 g/mol. The van der Waals surface area contributed by atoms with Crippen LogP contribution < -0.4 is 14.8 Å². The zero-order valence-corrected chi connectivity index (χ0v) is 12.6. The molecule has 0 bridgehead atoms. The predicted molar refractivity (Wildman–Crippen MR) is 81.5 cm³/mol. The van der Waals surface area contributed by atoms with E-state index in [1.165, 1.54) is 6.07 Å². The van der Waals surface area contributed by atoms with E-state index < -0.39 is 0 Å². The van der Waals surface area contributed by atoms with E-state index >= 15 is 0 Å². The maximum atomic E-state index is 13.5. The Kier molecular flexibility index (Phi) is 5.36. The van der Waals surface area contributed by atoms with Crippen molar-refractivity contribution < 1.29 is 18.7 Å². The molecule has 0 atom stereocenters. The lowest BCUT2D eigenvalue weighted by Crippen LogP contribution is -2.25. The van der Waals surface area contributed by atoms with Crippen LogP contribution in [0.3, 0.4) is 0 Å². The number of rotatable bonds is 6. The molecule has 1 amide bonds. The van der Waals surface area contributed by atoms with E-state index in [2.05, 4.69) is 5.32 Å². The van der Waals surface area contributed by atoms with E-state index in [4.69, 9.17) is 9.47 Å². The molecule has 0 aliphatic rings. The smallest absolute Gasteiger partial charge is 0.224 e. The Labute approximate surface area is 128 Å². The van der Waals surface area contributed by atoms with Crippen LogP contribution in [0, 0.1) is 5.82 Å².